The van der Waals surface area contributed by atoms with Crippen LogP contribution in [0.1, 0.15) is 29.2 Å². The van der Waals surface area contributed by atoms with Gasteiger partial charge in [-0.1, -0.05) is 30.3 Å². The summed E-state index contributed by atoms with van der Waals surface area (Å²) < 4.78 is 19.0. The van der Waals surface area contributed by atoms with Crippen molar-refractivity contribution in [1.82, 2.24) is 5.32 Å². The van der Waals surface area contributed by atoms with Crippen LogP contribution in [-0.4, -0.2) is 33.9 Å². The van der Waals surface area contributed by atoms with E-state index in [9.17, 15) is 29.5 Å². The summed E-state index contributed by atoms with van der Waals surface area (Å²) in [5.74, 6) is -0.857. The fraction of sp³-hybridized carbons (Fsp3) is 0.316. The van der Waals surface area contributed by atoms with Crippen LogP contribution in [0.25, 0.3) is 0 Å². The fourth-order valence-corrected chi connectivity index (χ4v) is 2.56. The minimum Gasteiger partial charge on any atom is -0.445 e. The number of nitro groups is 1. The molecule has 2 aromatic carbocycles. The second-order valence-corrected chi connectivity index (χ2v) is 6.21. The third-order valence-electron chi connectivity index (χ3n) is 4.12. The molecule has 0 saturated heterocycles. The van der Waals surface area contributed by atoms with Gasteiger partial charge in [0.05, 0.1) is 11.0 Å². The Balaban J connectivity index is 1.85. The van der Waals surface area contributed by atoms with Gasteiger partial charge in [0.2, 0.25) is 0 Å². The van der Waals surface area contributed by atoms with Crippen molar-refractivity contribution >= 4 is 11.8 Å². The second kappa shape index (κ2) is 9.77. The Morgan fingerprint density at radius 1 is 1.29 bits per heavy atom. The molecule has 0 heterocycles. The Labute approximate surface area is 160 Å². The van der Waals surface area contributed by atoms with E-state index in [-0.39, 0.29) is 36.4 Å². The maximum atomic E-state index is 14.0. The zero-order valence-corrected chi connectivity index (χ0v) is 15.2. The SMILES string of the molecule is Cc1cc(F)c(C(O)C(O)CCNC(=O)OCc2ccccc2)cc1[N+](=O)[O-]. The van der Waals surface area contributed by atoms with Gasteiger partial charge in [-0.2, -0.15) is 0 Å². The lowest BCUT2D eigenvalue weighted by atomic mass is 9.99. The molecular weight excluding hydrogens is 371 g/mol. The summed E-state index contributed by atoms with van der Waals surface area (Å²) in [6, 6.07) is 10.9. The highest BCUT2D eigenvalue weighted by Crippen LogP contribution is 2.28. The van der Waals surface area contributed by atoms with E-state index in [1.165, 1.54) is 6.92 Å². The number of nitrogens with one attached hydrogen (secondary N) is 1. The molecule has 0 aromatic heterocycles. The summed E-state index contributed by atoms with van der Waals surface area (Å²) in [4.78, 5) is 21.9. The van der Waals surface area contributed by atoms with Gasteiger partial charge < -0.3 is 20.3 Å². The zero-order chi connectivity index (χ0) is 20.7. The van der Waals surface area contributed by atoms with Crippen molar-refractivity contribution in [1.29, 1.82) is 0 Å². The molecule has 0 radical (unpaired) electrons. The Kier molecular flexibility index (Phi) is 7.42. The number of hydrogen-bond acceptors (Lipinski definition) is 6. The van der Waals surface area contributed by atoms with Crippen molar-refractivity contribution in [3.63, 3.8) is 0 Å². The van der Waals surface area contributed by atoms with Crippen LogP contribution in [0.4, 0.5) is 14.9 Å². The lowest BCUT2D eigenvalue weighted by Gasteiger charge is -2.19. The molecule has 150 valence electrons. The summed E-state index contributed by atoms with van der Waals surface area (Å²) in [5, 5.41) is 33.5. The van der Waals surface area contributed by atoms with Crippen LogP contribution in [0.3, 0.4) is 0 Å². The number of aliphatic hydroxyl groups is 2. The number of nitro benzene ring substituents is 1. The summed E-state index contributed by atoms with van der Waals surface area (Å²) in [6.45, 7) is 1.41. The Morgan fingerprint density at radius 2 is 1.96 bits per heavy atom. The van der Waals surface area contributed by atoms with E-state index < -0.39 is 29.0 Å². The number of hydrogen-bond donors (Lipinski definition) is 3. The zero-order valence-electron chi connectivity index (χ0n) is 15.2. The van der Waals surface area contributed by atoms with Crippen LogP contribution in [0.2, 0.25) is 0 Å². The molecule has 0 spiro atoms. The molecule has 8 nitrogen and oxygen atoms in total. The number of nitrogens with zero attached hydrogens (tertiary/aromatic N) is 1. The van der Waals surface area contributed by atoms with E-state index in [0.29, 0.717) is 0 Å². The van der Waals surface area contributed by atoms with Gasteiger partial charge in [-0.05, 0) is 25.0 Å². The van der Waals surface area contributed by atoms with Gasteiger partial charge in [0.1, 0.15) is 18.5 Å². The van der Waals surface area contributed by atoms with Gasteiger partial charge in [-0.15, -0.1) is 0 Å². The van der Waals surface area contributed by atoms with Crippen molar-refractivity contribution in [3.05, 3.63) is 75.1 Å². The average Bonchev–Trinajstić information content (AvgIpc) is 2.66. The molecule has 2 aromatic rings. The Morgan fingerprint density at radius 3 is 2.61 bits per heavy atom. The molecule has 0 fully saturated rings. The molecule has 0 aliphatic rings. The number of amides is 1. The van der Waals surface area contributed by atoms with Crippen molar-refractivity contribution in [3.8, 4) is 0 Å². The number of alkyl carbamates (subject to hydrolysis) is 1. The van der Waals surface area contributed by atoms with Crippen LogP contribution < -0.4 is 5.32 Å². The van der Waals surface area contributed by atoms with Crippen LogP contribution in [0, 0.1) is 22.9 Å². The van der Waals surface area contributed by atoms with Gasteiger partial charge in [0.25, 0.3) is 5.69 Å². The molecule has 9 heteroatoms. The van der Waals surface area contributed by atoms with Crippen LogP contribution in [0.5, 0.6) is 0 Å². The van der Waals surface area contributed by atoms with E-state index in [4.69, 9.17) is 4.74 Å². The van der Waals surface area contributed by atoms with Gasteiger partial charge in [-0.3, -0.25) is 10.1 Å². The molecule has 2 unspecified atom stereocenters. The topological polar surface area (TPSA) is 122 Å². The molecule has 0 aliphatic heterocycles. The van der Waals surface area contributed by atoms with E-state index in [0.717, 1.165) is 17.7 Å². The number of carbonyl (C=O) groups excluding carboxylic acids is 1. The first kappa shape index (κ1) is 21.3. The maximum absolute atomic E-state index is 14.0. The largest absolute Gasteiger partial charge is 0.445 e. The van der Waals surface area contributed by atoms with E-state index in [1.807, 2.05) is 18.2 Å². The standard InChI is InChI=1S/C19H21FN2O6/c1-12-9-15(20)14(10-16(12)22(26)27)18(24)17(23)7-8-21-19(25)28-11-13-5-3-2-4-6-13/h2-6,9-10,17-18,23-24H,7-8,11H2,1H3,(H,21,25). The third kappa shape index (κ3) is 5.73. The molecule has 0 bridgehead atoms. The number of benzene rings is 2. The van der Waals surface area contributed by atoms with Crippen molar-refractivity contribution in [2.45, 2.75) is 32.2 Å². The van der Waals surface area contributed by atoms with E-state index in [2.05, 4.69) is 5.32 Å². The predicted molar refractivity (Wildman–Crippen MR) is 98.0 cm³/mol. The number of halogens is 1. The monoisotopic (exact) mass is 392 g/mol. The molecule has 1 amide bonds. The van der Waals surface area contributed by atoms with Crippen LogP contribution in [-0.2, 0) is 11.3 Å². The van der Waals surface area contributed by atoms with Crippen molar-refractivity contribution < 1.29 is 29.1 Å². The summed E-state index contributed by atoms with van der Waals surface area (Å²) >= 11 is 0. The van der Waals surface area contributed by atoms with Crippen LogP contribution >= 0.6 is 0 Å². The normalized spacial score (nSPS) is 12.9. The smallest absolute Gasteiger partial charge is 0.407 e. The molecule has 0 saturated carbocycles. The lowest BCUT2D eigenvalue weighted by molar-refractivity contribution is -0.385. The first-order valence-corrected chi connectivity index (χ1v) is 8.54. The van der Waals surface area contributed by atoms with Gasteiger partial charge in [0, 0.05) is 23.7 Å². The average molecular weight is 392 g/mol. The highest BCUT2D eigenvalue weighted by Gasteiger charge is 2.25. The number of aliphatic hydroxyl groups excluding tert-OH is 2. The predicted octanol–water partition coefficient (Wildman–Crippen LogP) is 2.75. The van der Waals surface area contributed by atoms with Crippen molar-refractivity contribution in [2.75, 3.05) is 6.54 Å². The van der Waals surface area contributed by atoms with E-state index in [1.54, 1.807) is 12.1 Å². The number of rotatable bonds is 8. The van der Waals surface area contributed by atoms with Gasteiger partial charge in [0.15, 0.2) is 0 Å². The maximum Gasteiger partial charge on any atom is 0.407 e. The molecule has 0 aliphatic carbocycles. The van der Waals surface area contributed by atoms with E-state index >= 15 is 0 Å². The number of aryl methyl sites for hydroxylation is 1. The fourth-order valence-electron chi connectivity index (χ4n) is 2.56. The van der Waals surface area contributed by atoms with Crippen LogP contribution in [0.15, 0.2) is 42.5 Å². The summed E-state index contributed by atoms with van der Waals surface area (Å²) in [6.07, 6.45) is -3.93. The molecular formula is C19H21FN2O6. The highest BCUT2D eigenvalue weighted by molar-refractivity contribution is 5.67. The number of carbonyl (C=O) groups is 1. The second-order valence-electron chi connectivity index (χ2n) is 6.21. The Hall–Kier alpha value is -3.04. The summed E-state index contributed by atoms with van der Waals surface area (Å²) in [7, 11) is 0. The minimum absolute atomic E-state index is 0.0403. The first-order chi connectivity index (χ1) is 13.3. The molecule has 28 heavy (non-hydrogen) atoms. The van der Waals surface area contributed by atoms with Crippen molar-refractivity contribution in [2.24, 2.45) is 0 Å². The third-order valence-corrected chi connectivity index (χ3v) is 4.12. The Bertz CT molecular complexity index is 831. The quantitative estimate of drug-likeness (QED) is 0.469. The lowest BCUT2D eigenvalue weighted by Crippen LogP contribution is -2.30. The summed E-state index contributed by atoms with van der Waals surface area (Å²) in [5.41, 5.74) is 0.182. The number of ether oxygens (including phenoxy) is 1. The molecule has 3 N–H and O–H groups in total. The minimum atomic E-state index is -1.68. The van der Waals surface area contributed by atoms with Gasteiger partial charge >= 0.3 is 6.09 Å². The highest BCUT2D eigenvalue weighted by atomic mass is 19.1. The molecule has 2 rings (SSSR count). The molecule has 2 atom stereocenters. The first-order valence-electron chi connectivity index (χ1n) is 8.54. The van der Waals surface area contributed by atoms with Gasteiger partial charge in [-0.25, -0.2) is 9.18 Å².